The molecular formula is C6H10N4OS. The summed E-state index contributed by atoms with van der Waals surface area (Å²) in [6.07, 6.45) is 0.781. The number of nitrogens with zero attached hydrogens (tertiary/aromatic N) is 2. The minimum absolute atomic E-state index is 0.183. The summed E-state index contributed by atoms with van der Waals surface area (Å²) in [6.45, 7) is 1.17. The van der Waals surface area contributed by atoms with Crippen molar-refractivity contribution in [2.45, 2.75) is 6.42 Å². The highest BCUT2D eigenvalue weighted by atomic mass is 32.1. The van der Waals surface area contributed by atoms with Gasteiger partial charge in [-0.3, -0.25) is 4.79 Å². The smallest absolute Gasteiger partial charge is 0.272 e. The summed E-state index contributed by atoms with van der Waals surface area (Å²) < 4.78 is 3.58. The molecule has 0 bridgehead atoms. The number of hydrogen-bond acceptors (Lipinski definition) is 5. The molecule has 0 fully saturated rings. The zero-order valence-corrected chi connectivity index (χ0v) is 7.30. The number of hydrogen-bond donors (Lipinski definition) is 2. The quantitative estimate of drug-likeness (QED) is 0.628. The van der Waals surface area contributed by atoms with Crippen molar-refractivity contribution < 1.29 is 4.79 Å². The van der Waals surface area contributed by atoms with Gasteiger partial charge in [0, 0.05) is 11.9 Å². The van der Waals surface area contributed by atoms with Gasteiger partial charge in [-0.15, -0.1) is 5.10 Å². The van der Waals surface area contributed by atoms with Gasteiger partial charge in [0.05, 0.1) is 0 Å². The number of amides is 1. The van der Waals surface area contributed by atoms with Gasteiger partial charge in [-0.1, -0.05) is 4.49 Å². The van der Waals surface area contributed by atoms with Gasteiger partial charge >= 0.3 is 0 Å². The molecule has 0 unspecified atom stereocenters. The number of rotatable bonds is 4. The average Bonchev–Trinajstić information content (AvgIpc) is 2.56. The number of carbonyl (C=O) groups excluding carboxylic acids is 1. The van der Waals surface area contributed by atoms with Crippen molar-refractivity contribution in [1.82, 2.24) is 14.9 Å². The standard InChI is InChI=1S/C6H10N4OS/c7-2-1-3-8-6(11)5-4-12-10-9-5/h4H,1-3,7H2,(H,8,11). The Labute approximate surface area is 74.1 Å². The maximum atomic E-state index is 11.1. The molecule has 0 aliphatic heterocycles. The average molecular weight is 186 g/mol. The number of nitrogens with two attached hydrogens (primary N) is 1. The van der Waals surface area contributed by atoms with Crippen LogP contribution in [-0.2, 0) is 0 Å². The monoisotopic (exact) mass is 186 g/mol. The summed E-state index contributed by atoms with van der Waals surface area (Å²) in [6, 6.07) is 0. The first kappa shape index (κ1) is 9.08. The fourth-order valence-corrected chi connectivity index (χ4v) is 1.09. The highest BCUT2D eigenvalue weighted by Gasteiger charge is 2.06. The van der Waals surface area contributed by atoms with Gasteiger partial charge in [0.2, 0.25) is 0 Å². The Morgan fingerprint density at radius 2 is 2.58 bits per heavy atom. The Balaban J connectivity index is 2.30. The van der Waals surface area contributed by atoms with E-state index in [9.17, 15) is 4.79 Å². The lowest BCUT2D eigenvalue weighted by atomic mass is 10.4. The van der Waals surface area contributed by atoms with Gasteiger partial charge in [0.1, 0.15) is 0 Å². The first-order valence-electron chi connectivity index (χ1n) is 3.60. The zero-order valence-electron chi connectivity index (χ0n) is 6.49. The van der Waals surface area contributed by atoms with E-state index in [1.54, 1.807) is 5.38 Å². The van der Waals surface area contributed by atoms with Gasteiger partial charge in [0.15, 0.2) is 5.69 Å². The summed E-state index contributed by atoms with van der Waals surface area (Å²) in [4.78, 5) is 11.1. The van der Waals surface area contributed by atoms with Crippen molar-refractivity contribution in [3.8, 4) is 0 Å². The minimum atomic E-state index is -0.183. The van der Waals surface area contributed by atoms with Gasteiger partial charge in [-0.2, -0.15) is 0 Å². The lowest BCUT2D eigenvalue weighted by Gasteiger charge is -1.99. The first-order chi connectivity index (χ1) is 5.84. The third-order valence-corrected chi connectivity index (χ3v) is 1.76. The highest BCUT2D eigenvalue weighted by molar-refractivity contribution is 7.03. The zero-order chi connectivity index (χ0) is 8.81. The van der Waals surface area contributed by atoms with Crippen LogP contribution in [0.15, 0.2) is 5.38 Å². The Morgan fingerprint density at radius 3 is 3.17 bits per heavy atom. The molecule has 0 saturated heterocycles. The Bertz CT molecular complexity index is 236. The van der Waals surface area contributed by atoms with Crippen LogP contribution in [0.25, 0.3) is 0 Å². The summed E-state index contributed by atoms with van der Waals surface area (Å²) >= 11 is 1.16. The molecule has 1 amide bonds. The fourth-order valence-electron chi connectivity index (χ4n) is 0.658. The molecule has 66 valence electrons. The van der Waals surface area contributed by atoms with Gasteiger partial charge < -0.3 is 11.1 Å². The van der Waals surface area contributed by atoms with E-state index in [1.807, 2.05) is 0 Å². The van der Waals surface area contributed by atoms with E-state index in [4.69, 9.17) is 5.73 Å². The predicted octanol–water partition coefficient (Wildman–Crippen LogP) is -0.383. The van der Waals surface area contributed by atoms with E-state index in [-0.39, 0.29) is 5.91 Å². The summed E-state index contributed by atoms with van der Waals surface area (Å²) in [7, 11) is 0. The second kappa shape index (κ2) is 4.78. The first-order valence-corrected chi connectivity index (χ1v) is 4.43. The van der Waals surface area contributed by atoms with E-state index in [1.165, 1.54) is 0 Å². The van der Waals surface area contributed by atoms with Crippen LogP contribution in [0.4, 0.5) is 0 Å². The lowest BCUT2D eigenvalue weighted by molar-refractivity contribution is 0.0948. The van der Waals surface area contributed by atoms with Crippen molar-refractivity contribution in [3.05, 3.63) is 11.1 Å². The summed E-state index contributed by atoms with van der Waals surface area (Å²) in [5, 5.41) is 7.90. The third kappa shape index (κ3) is 2.55. The maximum absolute atomic E-state index is 11.1. The van der Waals surface area contributed by atoms with Crippen LogP contribution >= 0.6 is 11.5 Å². The van der Waals surface area contributed by atoms with Crippen molar-refractivity contribution in [2.24, 2.45) is 5.73 Å². The van der Waals surface area contributed by atoms with E-state index >= 15 is 0 Å². The number of carbonyl (C=O) groups is 1. The molecule has 0 atom stereocenters. The van der Waals surface area contributed by atoms with E-state index in [0.29, 0.717) is 18.8 Å². The minimum Gasteiger partial charge on any atom is -0.351 e. The second-order valence-corrected chi connectivity index (χ2v) is 2.80. The maximum Gasteiger partial charge on any atom is 0.272 e. The van der Waals surface area contributed by atoms with Crippen LogP contribution in [0.5, 0.6) is 0 Å². The molecule has 0 saturated carbocycles. The molecule has 5 nitrogen and oxygen atoms in total. The van der Waals surface area contributed by atoms with Crippen LogP contribution in [0.2, 0.25) is 0 Å². The van der Waals surface area contributed by atoms with E-state index in [2.05, 4.69) is 14.9 Å². The van der Waals surface area contributed by atoms with Crippen LogP contribution in [-0.4, -0.2) is 28.6 Å². The van der Waals surface area contributed by atoms with Crippen molar-refractivity contribution in [2.75, 3.05) is 13.1 Å². The Kier molecular flexibility index (Phi) is 3.62. The predicted molar refractivity (Wildman–Crippen MR) is 45.9 cm³/mol. The van der Waals surface area contributed by atoms with Crippen molar-refractivity contribution >= 4 is 17.4 Å². The Morgan fingerprint density at radius 1 is 1.75 bits per heavy atom. The SMILES string of the molecule is NCCCNC(=O)c1csnn1. The van der Waals surface area contributed by atoms with Gasteiger partial charge in [-0.05, 0) is 24.5 Å². The van der Waals surface area contributed by atoms with Gasteiger partial charge in [0.25, 0.3) is 5.91 Å². The molecule has 0 aliphatic rings. The molecule has 3 N–H and O–H groups in total. The lowest BCUT2D eigenvalue weighted by Crippen LogP contribution is -2.26. The molecule has 1 aromatic heterocycles. The van der Waals surface area contributed by atoms with E-state index < -0.39 is 0 Å². The molecule has 1 heterocycles. The van der Waals surface area contributed by atoms with Crippen molar-refractivity contribution in [3.63, 3.8) is 0 Å². The Hall–Kier alpha value is -1.01. The molecule has 1 aromatic rings. The molecule has 6 heteroatoms. The molecule has 0 radical (unpaired) electrons. The van der Waals surface area contributed by atoms with Crippen LogP contribution in [0, 0.1) is 0 Å². The van der Waals surface area contributed by atoms with Crippen LogP contribution in [0.3, 0.4) is 0 Å². The van der Waals surface area contributed by atoms with Gasteiger partial charge in [-0.25, -0.2) is 0 Å². The highest BCUT2D eigenvalue weighted by Crippen LogP contribution is 1.95. The summed E-state index contributed by atoms with van der Waals surface area (Å²) in [5.41, 5.74) is 5.63. The van der Waals surface area contributed by atoms with E-state index in [0.717, 1.165) is 18.0 Å². The molecule has 0 aromatic carbocycles. The van der Waals surface area contributed by atoms with Crippen molar-refractivity contribution in [1.29, 1.82) is 0 Å². The second-order valence-electron chi connectivity index (χ2n) is 2.19. The van der Waals surface area contributed by atoms with Crippen LogP contribution < -0.4 is 11.1 Å². The fraction of sp³-hybridized carbons (Fsp3) is 0.500. The number of aromatic nitrogens is 2. The largest absolute Gasteiger partial charge is 0.351 e. The molecule has 0 spiro atoms. The topological polar surface area (TPSA) is 80.9 Å². The normalized spacial score (nSPS) is 9.75. The molecular weight excluding hydrogens is 176 g/mol. The molecule has 12 heavy (non-hydrogen) atoms. The third-order valence-electron chi connectivity index (χ3n) is 1.26. The molecule has 1 rings (SSSR count). The van der Waals surface area contributed by atoms with Crippen LogP contribution in [0.1, 0.15) is 16.9 Å². The molecule has 0 aliphatic carbocycles. The summed E-state index contributed by atoms with van der Waals surface area (Å²) in [5.74, 6) is -0.183. The number of nitrogens with one attached hydrogen (secondary N) is 1.